The van der Waals surface area contributed by atoms with Crippen molar-refractivity contribution in [3.63, 3.8) is 0 Å². The molecule has 0 heterocycles. The smallest absolute Gasteiger partial charge is 0.392 e. The lowest BCUT2D eigenvalue weighted by Gasteiger charge is -2.02. The van der Waals surface area contributed by atoms with Crippen LogP contribution in [-0.2, 0) is 23.3 Å². The molecule has 82 valence electrons. The van der Waals surface area contributed by atoms with E-state index in [1.54, 1.807) is 6.07 Å². The quantitative estimate of drug-likeness (QED) is 0.764. The van der Waals surface area contributed by atoms with E-state index in [2.05, 4.69) is 4.18 Å². The van der Waals surface area contributed by atoms with Gasteiger partial charge in [-0.3, -0.25) is 0 Å². The molecule has 1 atom stereocenters. The molecule has 1 unspecified atom stereocenters. The Morgan fingerprint density at radius 1 is 1.33 bits per heavy atom. The number of halogens is 1. The van der Waals surface area contributed by atoms with Crippen LogP contribution < -0.4 is 4.18 Å². The van der Waals surface area contributed by atoms with Gasteiger partial charge in [0.15, 0.2) is 0 Å². The van der Waals surface area contributed by atoms with Crippen LogP contribution in [0.1, 0.15) is 11.1 Å². The fraction of sp³-hybridized carbons (Fsp3) is 0.333. The maximum Gasteiger partial charge on any atom is 0.488 e. The molecule has 0 radical (unpaired) electrons. The molecule has 6 heteroatoms. The first kappa shape index (κ1) is 10.4. The Kier molecular flexibility index (Phi) is 2.40. The van der Waals surface area contributed by atoms with Crippen LogP contribution in [0.25, 0.3) is 0 Å². The van der Waals surface area contributed by atoms with Gasteiger partial charge in [-0.2, -0.15) is 8.42 Å². The average Bonchev–Trinajstić information content (AvgIpc) is 2.40. The van der Waals surface area contributed by atoms with Crippen LogP contribution in [0.2, 0.25) is 0 Å². The van der Waals surface area contributed by atoms with Gasteiger partial charge in [-0.1, -0.05) is 9.95 Å². The summed E-state index contributed by atoms with van der Waals surface area (Å²) in [6, 6.07) is 4.43. The highest BCUT2D eigenvalue weighted by molar-refractivity contribution is 7.81. The summed E-state index contributed by atoms with van der Waals surface area (Å²) >= 11 is 0. The standard InChI is InChI=1S/C9H9FO4S/c10-15(12,13)14-9-2-1-6-3-8(11)4-7(6)5-9/h1-2,5,8,11H,3-4H2. The number of aliphatic hydroxyl groups excluding tert-OH is 1. The summed E-state index contributed by atoms with van der Waals surface area (Å²) in [6.45, 7) is 0. The summed E-state index contributed by atoms with van der Waals surface area (Å²) in [4.78, 5) is 0. The molecule has 2 rings (SSSR count). The third-order valence-corrected chi connectivity index (χ3v) is 2.68. The van der Waals surface area contributed by atoms with E-state index in [1.807, 2.05) is 0 Å². The molecule has 1 aromatic rings. The first-order chi connectivity index (χ1) is 6.94. The van der Waals surface area contributed by atoms with Crippen molar-refractivity contribution < 1.29 is 21.6 Å². The van der Waals surface area contributed by atoms with E-state index in [9.17, 15) is 17.4 Å². The molecule has 0 saturated carbocycles. The number of hydrogen-bond acceptors (Lipinski definition) is 4. The lowest BCUT2D eigenvalue weighted by molar-refractivity contribution is 0.187. The van der Waals surface area contributed by atoms with Crippen molar-refractivity contribution in [2.24, 2.45) is 0 Å². The van der Waals surface area contributed by atoms with E-state index in [4.69, 9.17) is 0 Å². The lowest BCUT2D eigenvalue weighted by Crippen LogP contribution is -2.03. The molecular formula is C9H9FO4S. The molecule has 0 amide bonds. The van der Waals surface area contributed by atoms with Gasteiger partial charge in [-0.15, -0.1) is 0 Å². The van der Waals surface area contributed by atoms with Gasteiger partial charge in [0.1, 0.15) is 5.75 Å². The van der Waals surface area contributed by atoms with Gasteiger partial charge in [-0.05, 0) is 36.1 Å². The van der Waals surface area contributed by atoms with Crippen molar-refractivity contribution in [3.05, 3.63) is 29.3 Å². The summed E-state index contributed by atoms with van der Waals surface area (Å²) in [5.74, 6) is -0.0645. The van der Waals surface area contributed by atoms with Gasteiger partial charge in [0, 0.05) is 0 Å². The van der Waals surface area contributed by atoms with E-state index in [1.165, 1.54) is 12.1 Å². The number of hydrogen-bond donors (Lipinski definition) is 1. The molecule has 0 aromatic heterocycles. The van der Waals surface area contributed by atoms with Gasteiger partial charge in [0.2, 0.25) is 0 Å². The monoisotopic (exact) mass is 232 g/mol. The fourth-order valence-electron chi connectivity index (χ4n) is 1.74. The summed E-state index contributed by atoms with van der Waals surface area (Å²) in [6.07, 6.45) is 0.536. The van der Waals surface area contributed by atoms with Crippen molar-refractivity contribution >= 4 is 10.5 Å². The molecule has 0 bridgehead atoms. The SMILES string of the molecule is O=S(=O)(F)Oc1ccc2c(c1)CC(O)C2. The average molecular weight is 232 g/mol. The molecule has 1 N–H and O–H groups in total. The van der Waals surface area contributed by atoms with Crippen LogP contribution in [-0.4, -0.2) is 19.6 Å². The molecule has 1 aromatic carbocycles. The predicted octanol–water partition coefficient (Wildman–Crippen LogP) is 0.739. The maximum absolute atomic E-state index is 12.2. The minimum Gasteiger partial charge on any atom is -0.392 e. The second-order valence-electron chi connectivity index (χ2n) is 3.47. The minimum atomic E-state index is -4.97. The van der Waals surface area contributed by atoms with E-state index >= 15 is 0 Å². The van der Waals surface area contributed by atoms with Crippen LogP contribution in [0.5, 0.6) is 5.75 Å². The van der Waals surface area contributed by atoms with Crippen molar-refractivity contribution in [2.45, 2.75) is 18.9 Å². The topological polar surface area (TPSA) is 63.6 Å². The minimum absolute atomic E-state index is 0.0645. The molecule has 0 saturated heterocycles. The van der Waals surface area contributed by atoms with Gasteiger partial charge in [-0.25, -0.2) is 0 Å². The largest absolute Gasteiger partial charge is 0.488 e. The van der Waals surface area contributed by atoms with Crippen LogP contribution in [0.4, 0.5) is 3.89 Å². The van der Waals surface area contributed by atoms with Crippen molar-refractivity contribution in [2.75, 3.05) is 0 Å². The summed E-state index contributed by atoms with van der Waals surface area (Å²) < 4.78 is 36.7. The molecule has 15 heavy (non-hydrogen) atoms. The second-order valence-corrected chi connectivity index (χ2v) is 4.42. The lowest BCUT2D eigenvalue weighted by atomic mass is 10.1. The zero-order chi connectivity index (χ0) is 11.1. The Morgan fingerprint density at radius 2 is 2.00 bits per heavy atom. The number of rotatable bonds is 2. The highest BCUT2D eigenvalue weighted by Crippen LogP contribution is 2.27. The van der Waals surface area contributed by atoms with Gasteiger partial charge >= 0.3 is 10.5 Å². The highest BCUT2D eigenvalue weighted by atomic mass is 32.3. The zero-order valence-electron chi connectivity index (χ0n) is 7.68. The Morgan fingerprint density at radius 3 is 2.67 bits per heavy atom. The van der Waals surface area contributed by atoms with E-state index in [0.717, 1.165) is 11.1 Å². The fourth-order valence-corrected chi connectivity index (χ4v) is 2.07. The number of benzene rings is 1. The third-order valence-electron chi connectivity index (χ3n) is 2.28. The first-order valence-corrected chi connectivity index (χ1v) is 5.69. The zero-order valence-corrected chi connectivity index (χ0v) is 8.50. The summed E-state index contributed by atoms with van der Waals surface area (Å²) in [5.41, 5.74) is 1.73. The highest BCUT2D eigenvalue weighted by Gasteiger charge is 2.20. The van der Waals surface area contributed by atoms with Crippen molar-refractivity contribution in [1.29, 1.82) is 0 Å². The normalized spacial score (nSPS) is 20.0. The second kappa shape index (κ2) is 3.46. The van der Waals surface area contributed by atoms with Gasteiger partial charge in [0.05, 0.1) is 6.10 Å². The van der Waals surface area contributed by atoms with Crippen LogP contribution in [0.15, 0.2) is 18.2 Å². The van der Waals surface area contributed by atoms with Crippen LogP contribution in [0, 0.1) is 0 Å². The Bertz CT molecular complexity index is 483. The third kappa shape index (κ3) is 2.45. The van der Waals surface area contributed by atoms with E-state index in [0.29, 0.717) is 12.8 Å². The molecule has 4 nitrogen and oxygen atoms in total. The number of fused-ring (bicyclic) bond motifs is 1. The van der Waals surface area contributed by atoms with Gasteiger partial charge < -0.3 is 9.29 Å². The van der Waals surface area contributed by atoms with Gasteiger partial charge in [0.25, 0.3) is 0 Å². The Hall–Kier alpha value is -1.14. The number of aliphatic hydroxyl groups is 1. The molecular weight excluding hydrogens is 223 g/mol. The summed E-state index contributed by atoms with van der Waals surface area (Å²) in [7, 11) is -4.97. The van der Waals surface area contributed by atoms with Crippen molar-refractivity contribution in [3.8, 4) is 5.75 Å². The van der Waals surface area contributed by atoms with Crippen molar-refractivity contribution in [1.82, 2.24) is 0 Å². The predicted molar refractivity (Wildman–Crippen MR) is 50.5 cm³/mol. The van der Waals surface area contributed by atoms with E-state index < -0.39 is 16.6 Å². The maximum atomic E-state index is 12.2. The Balaban J connectivity index is 2.28. The Labute approximate surface area is 86.7 Å². The molecule has 1 aliphatic rings. The molecule has 0 fully saturated rings. The first-order valence-electron chi connectivity index (χ1n) is 4.38. The van der Waals surface area contributed by atoms with E-state index in [-0.39, 0.29) is 5.75 Å². The van der Waals surface area contributed by atoms with Crippen LogP contribution >= 0.6 is 0 Å². The summed E-state index contributed by atoms with van der Waals surface area (Å²) in [5, 5.41) is 9.34. The van der Waals surface area contributed by atoms with Crippen LogP contribution in [0.3, 0.4) is 0 Å². The molecule has 0 aliphatic heterocycles. The molecule has 1 aliphatic carbocycles. The molecule has 0 spiro atoms.